The number of carbonyl (C=O) groups excluding carboxylic acids is 1. The third kappa shape index (κ3) is 3.15. The Labute approximate surface area is 121 Å². The fraction of sp³-hybridized carbons (Fsp3) is 0.875. The Morgan fingerprint density at radius 2 is 1.70 bits per heavy atom. The van der Waals surface area contributed by atoms with Crippen LogP contribution >= 0.6 is 0 Å². The maximum absolute atomic E-state index is 12.5. The SMILES string of the molecule is CC1CCC(N(C)C(=O)CC2(C(=O)O)CCCC2)CC1. The molecule has 2 saturated carbocycles. The summed E-state index contributed by atoms with van der Waals surface area (Å²) in [6.45, 7) is 2.26. The van der Waals surface area contributed by atoms with Crippen molar-refractivity contribution in [3.8, 4) is 0 Å². The number of carbonyl (C=O) groups is 2. The van der Waals surface area contributed by atoms with E-state index in [-0.39, 0.29) is 12.3 Å². The minimum absolute atomic E-state index is 0.0221. The average molecular weight is 281 g/mol. The van der Waals surface area contributed by atoms with Gasteiger partial charge in [-0.2, -0.15) is 0 Å². The number of carboxylic acid groups (broad SMARTS) is 1. The van der Waals surface area contributed by atoms with Gasteiger partial charge >= 0.3 is 5.97 Å². The molecule has 0 unspecified atom stereocenters. The zero-order valence-electron chi connectivity index (χ0n) is 12.7. The van der Waals surface area contributed by atoms with Gasteiger partial charge in [-0.3, -0.25) is 9.59 Å². The van der Waals surface area contributed by atoms with Gasteiger partial charge in [-0.1, -0.05) is 19.8 Å². The molecule has 0 aromatic heterocycles. The van der Waals surface area contributed by atoms with Gasteiger partial charge < -0.3 is 10.0 Å². The Bertz CT molecular complexity index is 366. The number of aliphatic carboxylic acids is 1. The molecule has 2 aliphatic rings. The highest BCUT2D eigenvalue weighted by Gasteiger charge is 2.44. The summed E-state index contributed by atoms with van der Waals surface area (Å²) in [7, 11) is 1.85. The number of hydrogen-bond acceptors (Lipinski definition) is 2. The van der Waals surface area contributed by atoms with Crippen molar-refractivity contribution < 1.29 is 14.7 Å². The molecule has 20 heavy (non-hydrogen) atoms. The van der Waals surface area contributed by atoms with Gasteiger partial charge in [0.1, 0.15) is 0 Å². The van der Waals surface area contributed by atoms with Gasteiger partial charge in [-0.25, -0.2) is 0 Å². The van der Waals surface area contributed by atoms with Crippen LogP contribution in [0.5, 0.6) is 0 Å². The van der Waals surface area contributed by atoms with Crippen LogP contribution in [0.25, 0.3) is 0 Å². The Morgan fingerprint density at radius 1 is 1.15 bits per heavy atom. The molecule has 1 N–H and O–H groups in total. The van der Waals surface area contributed by atoms with Gasteiger partial charge in [0.25, 0.3) is 0 Å². The minimum atomic E-state index is -0.784. The van der Waals surface area contributed by atoms with E-state index in [1.54, 1.807) is 0 Å². The third-order valence-corrected chi connectivity index (χ3v) is 5.43. The van der Waals surface area contributed by atoms with E-state index in [4.69, 9.17) is 0 Å². The highest BCUT2D eigenvalue weighted by Crippen LogP contribution is 2.42. The smallest absolute Gasteiger partial charge is 0.310 e. The van der Waals surface area contributed by atoms with Crippen molar-refractivity contribution in [1.29, 1.82) is 0 Å². The van der Waals surface area contributed by atoms with Crippen molar-refractivity contribution in [3.63, 3.8) is 0 Å². The number of hydrogen-bond donors (Lipinski definition) is 1. The molecule has 0 aromatic carbocycles. The molecule has 114 valence electrons. The summed E-state index contributed by atoms with van der Waals surface area (Å²) in [5.41, 5.74) is -0.784. The number of nitrogens with zero attached hydrogens (tertiary/aromatic N) is 1. The van der Waals surface area contributed by atoms with Crippen molar-refractivity contribution in [2.24, 2.45) is 11.3 Å². The molecule has 0 saturated heterocycles. The van der Waals surface area contributed by atoms with Crippen LogP contribution in [0.15, 0.2) is 0 Å². The molecule has 4 nitrogen and oxygen atoms in total. The summed E-state index contributed by atoms with van der Waals surface area (Å²) in [5, 5.41) is 9.47. The lowest BCUT2D eigenvalue weighted by Gasteiger charge is -2.35. The lowest BCUT2D eigenvalue weighted by atomic mass is 9.81. The number of carboxylic acids is 1. The first-order valence-corrected chi connectivity index (χ1v) is 7.94. The second-order valence-corrected chi connectivity index (χ2v) is 6.89. The normalized spacial score (nSPS) is 29.1. The first-order valence-electron chi connectivity index (χ1n) is 7.94. The van der Waals surface area contributed by atoms with Gasteiger partial charge in [0.05, 0.1) is 5.41 Å². The van der Waals surface area contributed by atoms with E-state index < -0.39 is 11.4 Å². The van der Waals surface area contributed by atoms with Crippen LogP contribution in [0.1, 0.15) is 64.7 Å². The lowest BCUT2D eigenvalue weighted by molar-refractivity contribution is -0.153. The van der Waals surface area contributed by atoms with E-state index in [1.807, 2.05) is 11.9 Å². The maximum atomic E-state index is 12.5. The average Bonchev–Trinajstić information content (AvgIpc) is 2.88. The second-order valence-electron chi connectivity index (χ2n) is 6.89. The van der Waals surface area contributed by atoms with E-state index in [1.165, 1.54) is 12.8 Å². The molecule has 0 spiro atoms. The molecule has 1 amide bonds. The zero-order chi connectivity index (χ0) is 14.8. The van der Waals surface area contributed by atoms with Crippen LogP contribution in [0.4, 0.5) is 0 Å². The van der Waals surface area contributed by atoms with E-state index in [0.29, 0.717) is 18.9 Å². The molecule has 0 radical (unpaired) electrons. The number of rotatable bonds is 4. The monoisotopic (exact) mass is 281 g/mol. The van der Waals surface area contributed by atoms with E-state index in [0.717, 1.165) is 31.6 Å². The predicted octanol–water partition coefficient (Wildman–Crippen LogP) is 3.06. The second kappa shape index (κ2) is 6.15. The van der Waals surface area contributed by atoms with Crippen LogP contribution in [-0.4, -0.2) is 35.0 Å². The first kappa shape index (κ1) is 15.3. The standard InChI is InChI=1S/C16H27NO3/c1-12-5-7-13(8-6-12)17(2)14(18)11-16(15(19)20)9-3-4-10-16/h12-13H,3-11H2,1-2H3,(H,19,20). The van der Waals surface area contributed by atoms with Crippen molar-refractivity contribution in [1.82, 2.24) is 4.90 Å². The van der Waals surface area contributed by atoms with Gasteiger partial charge in [-0.05, 0) is 44.4 Å². The predicted molar refractivity (Wildman–Crippen MR) is 77.3 cm³/mol. The fourth-order valence-corrected chi connectivity index (χ4v) is 3.77. The molecule has 0 heterocycles. The molecular weight excluding hydrogens is 254 g/mol. The van der Waals surface area contributed by atoms with Crippen LogP contribution in [0.2, 0.25) is 0 Å². The summed E-state index contributed by atoms with van der Waals surface area (Å²) in [5.74, 6) is -0.00202. The van der Waals surface area contributed by atoms with Crippen molar-refractivity contribution in [2.75, 3.05) is 7.05 Å². The Hall–Kier alpha value is -1.06. The fourth-order valence-electron chi connectivity index (χ4n) is 3.77. The molecular formula is C16H27NO3. The quantitative estimate of drug-likeness (QED) is 0.861. The summed E-state index contributed by atoms with van der Waals surface area (Å²) in [6.07, 6.45) is 7.83. The van der Waals surface area contributed by atoms with Crippen molar-refractivity contribution in [3.05, 3.63) is 0 Å². The molecule has 2 rings (SSSR count). The Balaban J connectivity index is 1.95. The molecule has 0 bridgehead atoms. The molecule has 0 aromatic rings. The Kier molecular flexibility index (Phi) is 4.71. The van der Waals surface area contributed by atoms with Gasteiger partial charge in [-0.15, -0.1) is 0 Å². The summed E-state index contributed by atoms with van der Waals surface area (Å²) in [4.78, 5) is 25.8. The van der Waals surface area contributed by atoms with Gasteiger partial charge in [0, 0.05) is 19.5 Å². The van der Waals surface area contributed by atoms with Gasteiger partial charge in [0.2, 0.25) is 5.91 Å². The summed E-state index contributed by atoms with van der Waals surface area (Å²) in [6, 6.07) is 0.311. The van der Waals surface area contributed by atoms with Crippen molar-refractivity contribution >= 4 is 11.9 Å². The third-order valence-electron chi connectivity index (χ3n) is 5.43. The molecule has 4 heteroatoms. The van der Waals surface area contributed by atoms with Crippen LogP contribution < -0.4 is 0 Å². The van der Waals surface area contributed by atoms with E-state index >= 15 is 0 Å². The lowest BCUT2D eigenvalue weighted by Crippen LogP contribution is -2.42. The topological polar surface area (TPSA) is 57.6 Å². The number of amides is 1. The van der Waals surface area contributed by atoms with E-state index in [9.17, 15) is 14.7 Å². The summed E-state index contributed by atoms with van der Waals surface area (Å²) < 4.78 is 0. The van der Waals surface area contributed by atoms with Crippen LogP contribution in [0.3, 0.4) is 0 Å². The van der Waals surface area contributed by atoms with E-state index in [2.05, 4.69) is 6.92 Å². The largest absolute Gasteiger partial charge is 0.481 e. The van der Waals surface area contributed by atoms with Crippen LogP contribution in [0, 0.1) is 11.3 Å². The van der Waals surface area contributed by atoms with Crippen LogP contribution in [-0.2, 0) is 9.59 Å². The minimum Gasteiger partial charge on any atom is -0.481 e. The molecule has 2 aliphatic carbocycles. The molecule has 0 atom stereocenters. The highest BCUT2D eigenvalue weighted by atomic mass is 16.4. The van der Waals surface area contributed by atoms with Gasteiger partial charge in [0.15, 0.2) is 0 Å². The zero-order valence-corrected chi connectivity index (χ0v) is 12.7. The highest BCUT2D eigenvalue weighted by molar-refractivity contribution is 5.85. The van der Waals surface area contributed by atoms with Crippen molar-refractivity contribution in [2.45, 2.75) is 70.8 Å². The Morgan fingerprint density at radius 3 is 2.20 bits per heavy atom. The first-order chi connectivity index (χ1) is 9.44. The maximum Gasteiger partial charge on any atom is 0.310 e. The molecule has 2 fully saturated rings. The summed E-state index contributed by atoms with van der Waals surface area (Å²) >= 11 is 0. The molecule has 0 aliphatic heterocycles.